The first kappa shape index (κ1) is 16.2. The highest BCUT2D eigenvalue weighted by atomic mass is 16.3. The molecule has 0 aliphatic rings. The maximum Gasteiger partial charge on any atom is 0.230 e. The Morgan fingerprint density at radius 2 is 1.58 bits per heavy atom. The van der Waals surface area contributed by atoms with Crippen LogP contribution in [-0.4, -0.2) is 5.78 Å². The van der Waals surface area contributed by atoms with Crippen LogP contribution in [0.2, 0.25) is 0 Å². The van der Waals surface area contributed by atoms with Gasteiger partial charge in [-0.2, -0.15) is 0 Å². The summed E-state index contributed by atoms with van der Waals surface area (Å²) in [5.74, 6) is 0.239. The third-order valence-electron chi connectivity index (χ3n) is 4.43. The van der Waals surface area contributed by atoms with E-state index in [1.54, 1.807) is 0 Å². The summed E-state index contributed by atoms with van der Waals surface area (Å²) in [7, 11) is 0. The Hall–Kier alpha value is -3.33. The molecule has 3 heteroatoms. The van der Waals surface area contributed by atoms with Gasteiger partial charge in [-0.25, -0.2) is 0 Å². The number of para-hydroxylation sites is 1. The summed E-state index contributed by atoms with van der Waals surface area (Å²) >= 11 is 0. The molecule has 1 N–H and O–H groups in total. The van der Waals surface area contributed by atoms with E-state index >= 15 is 0 Å². The molecule has 4 rings (SSSR count). The number of rotatable bonds is 5. The van der Waals surface area contributed by atoms with Crippen molar-refractivity contribution >= 4 is 22.4 Å². The van der Waals surface area contributed by atoms with Crippen molar-refractivity contribution in [2.45, 2.75) is 13.5 Å². The molecule has 0 spiro atoms. The fraction of sp³-hybridized carbons (Fsp3) is 0.0870. The van der Waals surface area contributed by atoms with Crippen molar-refractivity contribution in [3.63, 3.8) is 0 Å². The largest absolute Gasteiger partial charge is 0.450 e. The van der Waals surface area contributed by atoms with Crippen LogP contribution in [0.1, 0.15) is 27.2 Å². The number of ketones is 1. The smallest absolute Gasteiger partial charge is 0.230 e. The second-order valence-electron chi connectivity index (χ2n) is 6.34. The highest BCUT2D eigenvalue weighted by Gasteiger charge is 2.21. The molecule has 4 aromatic rings. The second-order valence-corrected chi connectivity index (χ2v) is 6.34. The fourth-order valence-electron chi connectivity index (χ4n) is 3.00. The molecule has 26 heavy (non-hydrogen) atoms. The van der Waals surface area contributed by atoms with Crippen LogP contribution < -0.4 is 5.32 Å². The normalized spacial score (nSPS) is 10.8. The zero-order chi connectivity index (χ0) is 17.9. The van der Waals surface area contributed by atoms with Crippen molar-refractivity contribution < 1.29 is 9.21 Å². The zero-order valence-corrected chi connectivity index (χ0v) is 14.5. The van der Waals surface area contributed by atoms with Gasteiger partial charge in [0.1, 0.15) is 5.58 Å². The number of hydrogen-bond donors (Lipinski definition) is 1. The monoisotopic (exact) mass is 341 g/mol. The summed E-state index contributed by atoms with van der Waals surface area (Å²) in [6.45, 7) is 2.63. The summed E-state index contributed by atoms with van der Waals surface area (Å²) < 4.78 is 5.92. The summed E-state index contributed by atoms with van der Waals surface area (Å²) in [5, 5.41) is 4.32. The Balaban J connectivity index is 1.73. The van der Waals surface area contributed by atoms with Gasteiger partial charge in [0.2, 0.25) is 5.78 Å². The summed E-state index contributed by atoms with van der Waals surface area (Å²) in [6, 6.07) is 25.4. The number of hydrogen-bond acceptors (Lipinski definition) is 3. The van der Waals surface area contributed by atoms with Crippen LogP contribution >= 0.6 is 0 Å². The van der Waals surface area contributed by atoms with E-state index in [1.807, 2.05) is 73.7 Å². The van der Waals surface area contributed by atoms with E-state index in [9.17, 15) is 4.79 Å². The highest BCUT2D eigenvalue weighted by Crippen LogP contribution is 2.32. The van der Waals surface area contributed by atoms with Crippen LogP contribution in [0.15, 0.2) is 83.3 Å². The number of anilines is 1. The third-order valence-corrected chi connectivity index (χ3v) is 4.43. The van der Waals surface area contributed by atoms with E-state index in [2.05, 4.69) is 17.4 Å². The number of fused-ring (bicyclic) bond motifs is 1. The molecule has 0 aliphatic heterocycles. The number of nitrogens with one attached hydrogen (secondary N) is 1. The molecule has 3 aromatic carbocycles. The maximum absolute atomic E-state index is 13.0. The number of furan rings is 1. The van der Waals surface area contributed by atoms with E-state index in [-0.39, 0.29) is 5.78 Å². The minimum Gasteiger partial charge on any atom is -0.450 e. The van der Waals surface area contributed by atoms with Crippen LogP contribution in [-0.2, 0) is 6.54 Å². The van der Waals surface area contributed by atoms with Gasteiger partial charge < -0.3 is 9.73 Å². The van der Waals surface area contributed by atoms with Crippen molar-refractivity contribution in [1.82, 2.24) is 0 Å². The van der Waals surface area contributed by atoms with Gasteiger partial charge in [-0.3, -0.25) is 4.79 Å². The molecule has 0 saturated carbocycles. The maximum atomic E-state index is 13.0. The van der Waals surface area contributed by atoms with Crippen molar-refractivity contribution in [2.24, 2.45) is 0 Å². The van der Waals surface area contributed by atoms with Gasteiger partial charge in [-0.15, -0.1) is 0 Å². The molecule has 0 saturated heterocycles. The number of aryl methyl sites for hydroxylation is 1. The molecule has 0 unspecified atom stereocenters. The Morgan fingerprint density at radius 1 is 0.885 bits per heavy atom. The molecule has 128 valence electrons. The molecule has 0 fully saturated rings. The van der Waals surface area contributed by atoms with Gasteiger partial charge >= 0.3 is 0 Å². The molecule has 1 heterocycles. The SMILES string of the molecule is Cc1ccc(C(=O)c2oc3ccccc3c2NCc2ccccc2)cc1. The lowest BCUT2D eigenvalue weighted by atomic mass is 10.1. The minimum absolute atomic E-state index is 0.114. The van der Waals surface area contributed by atoms with Gasteiger partial charge in [0, 0.05) is 17.5 Å². The van der Waals surface area contributed by atoms with Crippen molar-refractivity contribution in [3.05, 3.63) is 101 Å². The Bertz CT molecular complexity index is 1050. The fourth-order valence-corrected chi connectivity index (χ4v) is 3.00. The number of carbonyl (C=O) groups is 1. The molecule has 0 atom stereocenters. The first-order valence-electron chi connectivity index (χ1n) is 8.63. The number of carbonyl (C=O) groups excluding carboxylic acids is 1. The van der Waals surface area contributed by atoms with Gasteiger partial charge in [-0.05, 0) is 24.6 Å². The van der Waals surface area contributed by atoms with Crippen molar-refractivity contribution in [3.8, 4) is 0 Å². The van der Waals surface area contributed by atoms with Gasteiger partial charge in [0.25, 0.3) is 0 Å². The Morgan fingerprint density at radius 3 is 2.35 bits per heavy atom. The van der Waals surface area contributed by atoms with E-state index in [0.29, 0.717) is 23.5 Å². The van der Waals surface area contributed by atoms with Crippen LogP contribution in [0.5, 0.6) is 0 Å². The molecular weight excluding hydrogens is 322 g/mol. The van der Waals surface area contributed by atoms with Gasteiger partial charge in [-0.1, -0.05) is 72.3 Å². The van der Waals surface area contributed by atoms with Gasteiger partial charge in [0.05, 0.1) is 5.69 Å². The first-order valence-corrected chi connectivity index (χ1v) is 8.63. The van der Waals surface area contributed by atoms with Crippen LogP contribution in [0, 0.1) is 6.92 Å². The highest BCUT2D eigenvalue weighted by molar-refractivity contribution is 6.14. The first-order chi connectivity index (χ1) is 12.7. The lowest BCUT2D eigenvalue weighted by Gasteiger charge is -2.07. The zero-order valence-electron chi connectivity index (χ0n) is 14.5. The molecule has 1 aromatic heterocycles. The van der Waals surface area contributed by atoms with E-state index < -0.39 is 0 Å². The van der Waals surface area contributed by atoms with Crippen molar-refractivity contribution in [1.29, 1.82) is 0 Å². The predicted octanol–water partition coefficient (Wildman–Crippen LogP) is 5.58. The van der Waals surface area contributed by atoms with Gasteiger partial charge in [0.15, 0.2) is 5.76 Å². The second kappa shape index (κ2) is 6.89. The topological polar surface area (TPSA) is 42.2 Å². The molecule has 0 amide bonds. The minimum atomic E-state index is -0.114. The summed E-state index contributed by atoms with van der Waals surface area (Å²) in [4.78, 5) is 13.0. The molecule has 0 aliphatic carbocycles. The van der Waals surface area contributed by atoms with Crippen molar-refractivity contribution in [2.75, 3.05) is 5.32 Å². The molecular formula is C23H19NO2. The molecule has 0 radical (unpaired) electrons. The average Bonchev–Trinajstić information content (AvgIpc) is 3.06. The number of benzene rings is 3. The lowest BCUT2D eigenvalue weighted by molar-refractivity contribution is 0.101. The van der Waals surface area contributed by atoms with Crippen LogP contribution in [0.25, 0.3) is 11.0 Å². The van der Waals surface area contributed by atoms with Crippen LogP contribution in [0.3, 0.4) is 0 Å². The lowest BCUT2D eigenvalue weighted by Crippen LogP contribution is -2.06. The summed E-state index contributed by atoms with van der Waals surface area (Å²) in [6.07, 6.45) is 0. The van der Waals surface area contributed by atoms with E-state index in [1.165, 1.54) is 0 Å². The Labute approximate surface area is 152 Å². The Kier molecular flexibility index (Phi) is 4.28. The third kappa shape index (κ3) is 3.11. The van der Waals surface area contributed by atoms with E-state index in [0.717, 1.165) is 22.2 Å². The summed E-state index contributed by atoms with van der Waals surface area (Å²) in [5.41, 5.74) is 4.34. The average molecular weight is 341 g/mol. The predicted molar refractivity (Wildman–Crippen MR) is 105 cm³/mol. The van der Waals surface area contributed by atoms with E-state index in [4.69, 9.17) is 4.42 Å². The quantitative estimate of drug-likeness (QED) is 0.482. The van der Waals surface area contributed by atoms with Crippen LogP contribution in [0.4, 0.5) is 5.69 Å². The molecule has 3 nitrogen and oxygen atoms in total. The standard InChI is InChI=1S/C23H19NO2/c1-16-11-13-18(14-12-16)22(25)23-21(19-9-5-6-10-20(19)26-23)24-15-17-7-3-2-4-8-17/h2-14,24H,15H2,1H3. The molecule has 0 bridgehead atoms.